The highest BCUT2D eigenvalue weighted by Gasteiger charge is 2.18. The van der Waals surface area contributed by atoms with Gasteiger partial charge in [0.2, 0.25) is 0 Å². The van der Waals surface area contributed by atoms with Crippen LogP contribution in [-0.2, 0) is 0 Å². The second kappa shape index (κ2) is 5.54. The van der Waals surface area contributed by atoms with Crippen molar-refractivity contribution in [3.8, 4) is 5.75 Å². The third-order valence-corrected chi connectivity index (χ3v) is 3.34. The van der Waals surface area contributed by atoms with Gasteiger partial charge in [0.25, 0.3) is 0 Å². The number of rotatable bonds is 4. The number of thiophene rings is 1. The zero-order valence-corrected chi connectivity index (χ0v) is 11.0. The summed E-state index contributed by atoms with van der Waals surface area (Å²) in [6.45, 7) is 1.94. The van der Waals surface area contributed by atoms with Crippen LogP contribution in [0.15, 0.2) is 41.1 Å². The molecule has 1 aromatic carbocycles. The van der Waals surface area contributed by atoms with E-state index in [0.717, 1.165) is 11.3 Å². The van der Waals surface area contributed by atoms with Crippen molar-refractivity contribution in [2.75, 3.05) is 0 Å². The lowest BCUT2D eigenvalue weighted by Crippen LogP contribution is -2.28. The molecule has 0 aliphatic rings. The second-order valence-corrected chi connectivity index (χ2v) is 5.13. The molecule has 90 valence electrons. The van der Waals surface area contributed by atoms with E-state index in [1.807, 2.05) is 36.6 Å². The van der Waals surface area contributed by atoms with E-state index < -0.39 is 0 Å². The molecule has 2 N–H and O–H groups in total. The summed E-state index contributed by atoms with van der Waals surface area (Å²) in [5.41, 5.74) is 7.06. The molecule has 1 heterocycles. The fourth-order valence-electron chi connectivity index (χ4n) is 1.60. The van der Waals surface area contributed by atoms with E-state index in [0.29, 0.717) is 5.02 Å². The Kier molecular flexibility index (Phi) is 4.05. The third-order valence-electron chi connectivity index (χ3n) is 2.41. The molecular formula is C13H14ClNOS. The minimum atomic E-state index is -0.139. The Morgan fingerprint density at radius 3 is 2.76 bits per heavy atom. The van der Waals surface area contributed by atoms with Crippen LogP contribution in [0, 0.1) is 0 Å². The predicted molar refractivity (Wildman–Crippen MR) is 72.8 cm³/mol. The molecule has 2 atom stereocenters. The number of halogens is 1. The average molecular weight is 268 g/mol. The lowest BCUT2D eigenvalue weighted by Gasteiger charge is -2.21. The SMILES string of the molecule is CC(N)C(Oc1cccc(Cl)c1)c1ccsc1. The van der Waals surface area contributed by atoms with Crippen LogP contribution in [-0.4, -0.2) is 6.04 Å². The van der Waals surface area contributed by atoms with Gasteiger partial charge in [-0.1, -0.05) is 17.7 Å². The fraction of sp³-hybridized carbons (Fsp3) is 0.231. The summed E-state index contributed by atoms with van der Waals surface area (Å²) < 4.78 is 5.90. The van der Waals surface area contributed by atoms with Crippen LogP contribution in [0.4, 0.5) is 0 Å². The first-order valence-electron chi connectivity index (χ1n) is 5.36. The Bertz CT molecular complexity index is 470. The molecule has 17 heavy (non-hydrogen) atoms. The van der Waals surface area contributed by atoms with Crippen LogP contribution in [0.2, 0.25) is 5.02 Å². The molecule has 0 saturated carbocycles. The minimum Gasteiger partial charge on any atom is -0.484 e. The summed E-state index contributed by atoms with van der Waals surface area (Å²) in [7, 11) is 0. The molecule has 0 radical (unpaired) electrons. The summed E-state index contributed by atoms with van der Waals surface area (Å²) in [6, 6.07) is 9.31. The van der Waals surface area contributed by atoms with Crippen molar-refractivity contribution in [1.29, 1.82) is 0 Å². The standard InChI is InChI=1S/C13H14ClNOS/c1-9(15)13(10-5-6-17-8-10)16-12-4-2-3-11(14)7-12/h2-9,13H,15H2,1H3. The first-order chi connectivity index (χ1) is 8.16. The van der Waals surface area contributed by atoms with Gasteiger partial charge >= 0.3 is 0 Å². The predicted octanol–water partition coefficient (Wildman–Crippen LogP) is 3.87. The van der Waals surface area contributed by atoms with E-state index in [1.165, 1.54) is 0 Å². The lowest BCUT2D eigenvalue weighted by molar-refractivity contribution is 0.181. The van der Waals surface area contributed by atoms with Crippen LogP contribution in [0.3, 0.4) is 0 Å². The van der Waals surface area contributed by atoms with Crippen LogP contribution < -0.4 is 10.5 Å². The zero-order chi connectivity index (χ0) is 12.3. The van der Waals surface area contributed by atoms with Crippen LogP contribution in [0.1, 0.15) is 18.6 Å². The van der Waals surface area contributed by atoms with Gasteiger partial charge < -0.3 is 10.5 Å². The van der Waals surface area contributed by atoms with Gasteiger partial charge in [0.05, 0.1) is 0 Å². The van der Waals surface area contributed by atoms with Gasteiger partial charge in [0.15, 0.2) is 0 Å². The lowest BCUT2D eigenvalue weighted by atomic mass is 10.1. The molecule has 1 aromatic heterocycles. The molecule has 4 heteroatoms. The molecule has 0 aliphatic carbocycles. The summed E-state index contributed by atoms with van der Waals surface area (Å²) in [6.07, 6.45) is -0.139. The highest BCUT2D eigenvalue weighted by Crippen LogP contribution is 2.27. The molecule has 0 aliphatic heterocycles. The van der Waals surface area contributed by atoms with Gasteiger partial charge in [0, 0.05) is 16.6 Å². The number of hydrogen-bond donors (Lipinski definition) is 1. The van der Waals surface area contributed by atoms with Crippen molar-refractivity contribution < 1.29 is 4.74 Å². The number of hydrogen-bond acceptors (Lipinski definition) is 3. The number of nitrogens with two attached hydrogens (primary N) is 1. The molecule has 0 spiro atoms. The van der Waals surface area contributed by atoms with E-state index >= 15 is 0 Å². The van der Waals surface area contributed by atoms with Crippen molar-refractivity contribution >= 4 is 22.9 Å². The quantitative estimate of drug-likeness (QED) is 0.913. The van der Waals surface area contributed by atoms with Crippen molar-refractivity contribution in [2.45, 2.75) is 19.1 Å². The molecule has 2 rings (SSSR count). The largest absolute Gasteiger partial charge is 0.484 e. The maximum absolute atomic E-state index is 5.96. The normalized spacial score (nSPS) is 14.3. The topological polar surface area (TPSA) is 35.2 Å². The maximum Gasteiger partial charge on any atom is 0.139 e. The first-order valence-corrected chi connectivity index (χ1v) is 6.69. The Morgan fingerprint density at radius 1 is 1.35 bits per heavy atom. The highest BCUT2D eigenvalue weighted by molar-refractivity contribution is 7.07. The zero-order valence-electron chi connectivity index (χ0n) is 9.47. The Morgan fingerprint density at radius 2 is 2.18 bits per heavy atom. The second-order valence-electron chi connectivity index (χ2n) is 3.91. The molecule has 0 bridgehead atoms. The van der Waals surface area contributed by atoms with E-state index in [1.54, 1.807) is 17.4 Å². The van der Waals surface area contributed by atoms with Crippen molar-refractivity contribution in [3.05, 3.63) is 51.7 Å². The van der Waals surface area contributed by atoms with Crippen LogP contribution in [0.25, 0.3) is 0 Å². The van der Waals surface area contributed by atoms with Gasteiger partial charge in [-0.3, -0.25) is 0 Å². The molecule has 0 fully saturated rings. The maximum atomic E-state index is 5.96. The van der Waals surface area contributed by atoms with Crippen molar-refractivity contribution in [2.24, 2.45) is 5.73 Å². The molecular weight excluding hydrogens is 254 g/mol. The minimum absolute atomic E-state index is 0.0800. The monoisotopic (exact) mass is 267 g/mol. The Balaban J connectivity index is 2.19. The van der Waals surface area contributed by atoms with Gasteiger partial charge in [-0.05, 0) is 41.9 Å². The summed E-state index contributed by atoms with van der Waals surface area (Å²) in [5, 5.41) is 4.74. The highest BCUT2D eigenvalue weighted by atomic mass is 35.5. The number of ether oxygens (including phenoxy) is 1. The van der Waals surface area contributed by atoms with Crippen LogP contribution in [0.5, 0.6) is 5.75 Å². The van der Waals surface area contributed by atoms with Gasteiger partial charge in [0.1, 0.15) is 11.9 Å². The fourth-order valence-corrected chi connectivity index (χ4v) is 2.47. The Labute approximate surface area is 110 Å². The smallest absolute Gasteiger partial charge is 0.139 e. The first kappa shape index (κ1) is 12.4. The molecule has 2 unspecified atom stereocenters. The van der Waals surface area contributed by atoms with Gasteiger partial charge in [-0.25, -0.2) is 0 Å². The average Bonchev–Trinajstić information content (AvgIpc) is 2.78. The molecule has 0 saturated heterocycles. The van der Waals surface area contributed by atoms with Crippen molar-refractivity contribution in [1.82, 2.24) is 0 Å². The van der Waals surface area contributed by atoms with Gasteiger partial charge in [-0.15, -0.1) is 0 Å². The molecule has 2 aromatic rings. The van der Waals surface area contributed by atoms with E-state index in [-0.39, 0.29) is 12.1 Å². The number of benzene rings is 1. The molecule has 0 amide bonds. The summed E-state index contributed by atoms with van der Waals surface area (Å²) in [5.74, 6) is 0.742. The van der Waals surface area contributed by atoms with Crippen molar-refractivity contribution in [3.63, 3.8) is 0 Å². The van der Waals surface area contributed by atoms with E-state index in [2.05, 4.69) is 5.38 Å². The summed E-state index contributed by atoms with van der Waals surface area (Å²) in [4.78, 5) is 0. The summed E-state index contributed by atoms with van der Waals surface area (Å²) >= 11 is 7.56. The van der Waals surface area contributed by atoms with Crippen LogP contribution >= 0.6 is 22.9 Å². The van der Waals surface area contributed by atoms with Gasteiger partial charge in [-0.2, -0.15) is 11.3 Å². The Hall–Kier alpha value is -1.03. The third kappa shape index (κ3) is 3.22. The molecule has 2 nitrogen and oxygen atoms in total. The van der Waals surface area contributed by atoms with E-state index in [4.69, 9.17) is 22.1 Å². The van der Waals surface area contributed by atoms with E-state index in [9.17, 15) is 0 Å².